The molecule has 1 aromatic carbocycles. The van der Waals surface area contributed by atoms with E-state index < -0.39 is 0 Å². The Balaban J connectivity index is 1.65. The van der Waals surface area contributed by atoms with E-state index in [0.29, 0.717) is 0 Å². The maximum atomic E-state index is 6.06. The molecule has 0 N–H and O–H groups in total. The van der Waals surface area contributed by atoms with E-state index in [1.54, 1.807) is 0 Å². The van der Waals surface area contributed by atoms with Gasteiger partial charge in [-0.15, -0.1) is 0 Å². The van der Waals surface area contributed by atoms with Crippen LogP contribution in [0, 0.1) is 5.92 Å². The van der Waals surface area contributed by atoms with Crippen molar-refractivity contribution in [2.24, 2.45) is 5.92 Å². The van der Waals surface area contributed by atoms with Gasteiger partial charge < -0.3 is 9.64 Å². The Morgan fingerprint density at radius 1 is 1.21 bits per heavy atom. The molecule has 2 fully saturated rings. The summed E-state index contributed by atoms with van der Waals surface area (Å²) in [6, 6.07) is 4.65. The van der Waals surface area contributed by atoms with E-state index in [1.807, 2.05) is 0 Å². The molecule has 128 valence electrons. The average molecular weight is 325 g/mol. The van der Waals surface area contributed by atoms with E-state index in [1.165, 1.54) is 53.4 Å². The molecular formula is C20H27N3O. The van der Waals surface area contributed by atoms with Crippen molar-refractivity contribution < 1.29 is 4.74 Å². The van der Waals surface area contributed by atoms with Gasteiger partial charge in [-0.05, 0) is 75.1 Å². The van der Waals surface area contributed by atoms with Crippen LogP contribution in [-0.2, 0) is 24.1 Å². The van der Waals surface area contributed by atoms with Crippen molar-refractivity contribution in [1.29, 1.82) is 0 Å². The number of hydrogen-bond donors (Lipinski definition) is 0. The van der Waals surface area contributed by atoms with Gasteiger partial charge in [0.25, 0.3) is 0 Å². The molecule has 1 aromatic heterocycles. The molecule has 0 amide bonds. The summed E-state index contributed by atoms with van der Waals surface area (Å²) in [6.07, 6.45) is 8.73. The molecule has 24 heavy (non-hydrogen) atoms. The zero-order valence-corrected chi connectivity index (χ0v) is 14.6. The minimum atomic E-state index is 0.133. The molecule has 0 radical (unpaired) electrons. The third kappa shape index (κ3) is 2.56. The van der Waals surface area contributed by atoms with E-state index in [0.717, 1.165) is 44.9 Å². The lowest BCUT2D eigenvalue weighted by molar-refractivity contribution is -0.0369. The summed E-state index contributed by atoms with van der Waals surface area (Å²) in [5, 5.41) is 6.54. The van der Waals surface area contributed by atoms with Gasteiger partial charge in [0.1, 0.15) is 0 Å². The lowest BCUT2D eigenvalue weighted by Crippen LogP contribution is -2.26. The van der Waals surface area contributed by atoms with Crippen LogP contribution in [0.5, 0.6) is 0 Å². The molecule has 0 bridgehead atoms. The Morgan fingerprint density at radius 2 is 2.12 bits per heavy atom. The monoisotopic (exact) mass is 325 g/mol. The lowest BCUT2D eigenvalue weighted by atomic mass is 9.94. The second kappa shape index (κ2) is 5.85. The molecule has 4 nitrogen and oxygen atoms in total. The van der Waals surface area contributed by atoms with Crippen molar-refractivity contribution in [2.45, 2.75) is 57.7 Å². The summed E-state index contributed by atoms with van der Waals surface area (Å²) in [5.41, 5.74) is 5.68. The van der Waals surface area contributed by atoms with E-state index in [-0.39, 0.29) is 6.23 Å². The fraction of sp³-hybridized carbons (Fsp3) is 0.650. The van der Waals surface area contributed by atoms with E-state index >= 15 is 0 Å². The van der Waals surface area contributed by atoms with Crippen molar-refractivity contribution in [3.8, 4) is 0 Å². The number of ether oxygens (including phenoxy) is 1. The fourth-order valence-electron chi connectivity index (χ4n) is 4.37. The van der Waals surface area contributed by atoms with E-state index in [9.17, 15) is 0 Å². The molecule has 2 aliphatic heterocycles. The highest BCUT2D eigenvalue weighted by atomic mass is 16.5. The zero-order chi connectivity index (χ0) is 16.1. The van der Waals surface area contributed by atoms with Crippen LogP contribution >= 0.6 is 0 Å². The number of nitrogens with zero attached hydrogens (tertiary/aromatic N) is 3. The molecule has 1 atom stereocenters. The number of rotatable bonds is 3. The molecule has 1 saturated carbocycles. The highest BCUT2D eigenvalue weighted by Gasteiger charge is 2.29. The fourth-order valence-corrected chi connectivity index (χ4v) is 4.37. The average Bonchev–Trinajstić information content (AvgIpc) is 3.35. The Kier molecular flexibility index (Phi) is 3.64. The van der Waals surface area contributed by atoms with Crippen molar-refractivity contribution in [1.82, 2.24) is 14.7 Å². The lowest BCUT2D eigenvalue weighted by Gasteiger charge is -2.26. The van der Waals surface area contributed by atoms with Crippen LogP contribution < -0.4 is 0 Å². The molecule has 0 spiro atoms. The molecule has 3 heterocycles. The highest BCUT2D eigenvalue weighted by Crippen LogP contribution is 2.38. The maximum Gasteiger partial charge on any atom is 0.150 e. The molecule has 1 aliphatic carbocycles. The smallest absolute Gasteiger partial charge is 0.150 e. The Bertz CT molecular complexity index is 756. The summed E-state index contributed by atoms with van der Waals surface area (Å²) < 4.78 is 8.27. The van der Waals surface area contributed by atoms with Crippen molar-refractivity contribution in [3.63, 3.8) is 0 Å². The minimum Gasteiger partial charge on any atom is -0.356 e. The topological polar surface area (TPSA) is 30.3 Å². The summed E-state index contributed by atoms with van der Waals surface area (Å²) in [7, 11) is 2.23. The molecule has 4 heteroatoms. The summed E-state index contributed by atoms with van der Waals surface area (Å²) >= 11 is 0. The third-order valence-corrected chi connectivity index (χ3v) is 5.95. The van der Waals surface area contributed by atoms with Crippen molar-refractivity contribution in [3.05, 3.63) is 29.0 Å². The number of hydrogen-bond acceptors (Lipinski definition) is 3. The van der Waals surface area contributed by atoms with Gasteiger partial charge in [-0.1, -0.05) is 6.07 Å². The van der Waals surface area contributed by atoms with Crippen LogP contribution in [-0.4, -0.2) is 34.9 Å². The Morgan fingerprint density at radius 3 is 2.92 bits per heavy atom. The quantitative estimate of drug-likeness (QED) is 0.862. The second-order valence-electron chi connectivity index (χ2n) is 7.95. The number of benzene rings is 1. The highest BCUT2D eigenvalue weighted by molar-refractivity contribution is 5.87. The summed E-state index contributed by atoms with van der Waals surface area (Å²) in [4.78, 5) is 2.44. The first-order valence-electron chi connectivity index (χ1n) is 9.61. The first kappa shape index (κ1) is 14.9. The normalized spacial score (nSPS) is 25.1. The predicted molar refractivity (Wildman–Crippen MR) is 95.0 cm³/mol. The molecule has 1 saturated heterocycles. The van der Waals surface area contributed by atoms with E-state index in [4.69, 9.17) is 9.84 Å². The molecule has 5 rings (SSSR count). The molecule has 1 unspecified atom stereocenters. The first-order valence-corrected chi connectivity index (χ1v) is 9.61. The van der Waals surface area contributed by atoms with Gasteiger partial charge in [0, 0.05) is 25.1 Å². The second-order valence-corrected chi connectivity index (χ2v) is 7.95. The molecule has 2 aromatic rings. The standard InChI is InChI=1S/C20H27N3O/c1-22-10-9-15-7-8-18-20(16(15)13-22)17(12-14-5-6-14)21-23(18)19-4-2-3-11-24-19/h7-8,14,19H,2-6,9-13H2,1H3. The number of likely N-dealkylation sites (N-methyl/N-ethyl adjacent to an activating group) is 1. The van der Waals surface area contributed by atoms with Crippen molar-refractivity contribution in [2.75, 3.05) is 20.2 Å². The SMILES string of the molecule is CN1CCc2ccc3c(c(CC4CC4)nn3C3CCCCO3)c2C1. The van der Waals surface area contributed by atoms with Crippen molar-refractivity contribution >= 4 is 10.9 Å². The zero-order valence-electron chi connectivity index (χ0n) is 14.6. The summed E-state index contributed by atoms with van der Waals surface area (Å²) in [6.45, 7) is 3.09. The van der Waals surface area contributed by atoms with Gasteiger partial charge >= 0.3 is 0 Å². The Hall–Kier alpha value is -1.39. The van der Waals surface area contributed by atoms with Crippen LogP contribution in [0.1, 0.15) is 55.2 Å². The number of fused-ring (bicyclic) bond motifs is 3. The van der Waals surface area contributed by atoms with Crippen LogP contribution in [0.2, 0.25) is 0 Å². The molecular weight excluding hydrogens is 298 g/mol. The predicted octanol–water partition coefficient (Wildman–Crippen LogP) is 3.68. The van der Waals surface area contributed by atoms with Crippen LogP contribution in [0.25, 0.3) is 10.9 Å². The largest absolute Gasteiger partial charge is 0.356 e. The van der Waals surface area contributed by atoms with Gasteiger partial charge in [-0.25, -0.2) is 4.68 Å². The minimum absolute atomic E-state index is 0.133. The van der Waals surface area contributed by atoms with Gasteiger partial charge in [0.2, 0.25) is 0 Å². The van der Waals surface area contributed by atoms with Gasteiger partial charge in [-0.2, -0.15) is 5.10 Å². The van der Waals surface area contributed by atoms with Crippen LogP contribution in [0.4, 0.5) is 0 Å². The van der Waals surface area contributed by atoms with Crippen LogP contribution in [0.15, 0.2) is 12.1 Å². The van der Waals surface area contributed by atoms with Gasteiger partial charge in [0.05, 0.1) is 11.2 Å². The van der Waals surface area contributed by atoms with E-state index in [2.05, 4.69) is 28.8 Å². The summed E-state index contributed by atoms with van der Waals surface area (Å²) in [5.74, 6) is 0.862. The Labute approximate surface area is 143 Å². The molecule has 3 aliphatic rings. The number of aromatic nitrogens is 2. The third-order valence-electron chi connectivity index (χ3n) is 5.95. The maximum absolute atomic E-state index is 6.06. The van der Waals surface area contributed by atoms with Gasteiger partial charge in [0.15, 0.2) is 6.23 Å². The van der Waals surface area contributed by atoms with Gasteiger partial charge in [-0.3, -0.25) is 0 Å². The van der Waals surface area contributed by atoms with Crippen LogP contribution in [0.3, 0.4) is 0 Å². The first-order chi connectivity index (χ1) is 11.8.